The van der Waals surface area contributed by atoms with Gasteiger partial charge in [-0.05, 0) is 58.4 Å². The molecule has 1 unspecified atom stereocenters. The Kier molecular flexibility index (Phi) is 4.62. The minimum Gasteiger partial charge on any atom is -0.444 e. The number of hydrogen-bond donors (Lipinski definition) is 0. The third-order valence-corrected chi connectivity index (χ3v) is 5.84. The molecule has 3 aliphatic rings. The molecule has 2 saturated heterocycles. The van der Waals surface area contributed by atoms with Crippen molar-refractivity contribution >= 4 is 6.09 Å². The average Bonchev–Trinajstić information content (AvgIpc) is 3.12. The van der Waals surface area contributed by atoms with Crippen LogP contribution in [0.4, 0.5) is 4.79 Å². The van der Waals surface area contributed by atoms with Crippen LogP contribution in [0.2, 0.25) is 0 Å². The second-order valence-corrected chi connectivity index (χ2v) is 8.83. The molecule has 1 spiro atoms. The summed E-state index contributed by atoms with van der Waals surface area (Å²) in [5.41, 5.74) is 0.137. The molecule has 5 nitrogen and oxygen atoms in total. The summed E-state index contributed by atoms with van der Waals surface area (Å²) in [6.07, 6.45) is 3.54. The van der Waals surface area contributed by atoms with Crippen molar-refractivity contribution in [2.75, 3.05) is 52.9 Å². The van der Waals surface area contributed by atoms with Crippen LogP contribution in [0.5, 0.6) is 0 Å². The van der Waals surface area contributed by atoms with Gasteiger partial charge in [-0.2, -0.15) is 0 Å². The summed E-state index contributed by atoms with van der Waals surface area (Å²) in [7, 11) is 2.21. The summed E-state index contributed by atoms with van der Waals surface area (Å²) in [4.78, 5) is 19.1. The molecule has 0 aromatic heterocycles. The lowest BCUT2D eigenvalue weighted by molar-refractivity contribution is 0.0161. The molecule has 1 amide bonds. The minimum absolute atomic E-state index is 0.136. The van der Waals surface area contributed by atoms with Crippen LogP contribution in [0.1, 0.15) is 40.0 Å². The van der Waals surface area contributed by atoms with Crippen molar-refractivity contribution in [3.63, 3.8) is 0 Å². The maximum Gasteiger partial charge on any atom is 0.410 e. The normalized spacial score (nSPS) is 28.9. The van der Waals surface area contributed by atoms with Gasteiger partial charge < -0.3 is 19.4 Å². The van der Waals surface area contributed by atoms with E-state index < -0.39 is 5.60 Å². The summed E-state index contributed by atoms with van der Waals surface area (Å²) in [5, 5.41) is 0. The van der Waals surface area contributed by atoms with Gasteiger partial charge in [0.15, 0.2) is 0 Å². The van der Waals surface area contributed by atoms with Crippen LogP contribution >= 0.6 is 0 Å². The summed E-state index contributed by atoms with van der Waals surface area (Å²) < 4.78 is 5.50. The molecule has 2 heterocycles. The average molecular weight is 323 g/mol. The van der Waals surface area contributed by atoms with E-state index in [0.29, 0.717) is 5.41 Å². The molecule has 1 aliphatic carbocycles. The Bertz CT molecular complexity index is 430. The Labute approximate surface area is 140 Å². The van der Waals surface area contributed by atoms with Gasteiger partial charge in [-0.3, -0.25) is 0 Å². The van der Waals surface area contributed by atoms with Crippen molar-refractivity contribution in [3.8, 4) is 0 Å². The van der Waals surface area contributed by atoms with E-state index in [9.17, 15) is 4.79 Å². The largest absolute Gasteiger partial charge is 0.444 e. The maximum absolute atomic E-state index is 12.2. The number of rotatable bonds is 2. The summed E-state index contributed by atoms with van der Waals surface area (Å²) in [6, 6.07) is 0. The minimum atomic E-state index is -0.393. The number of carbonyl (C=O) groups is 1. The van der Waals surface area contributed by atoms with E-state index in [-0.39, 0.29) is 6.09 Å². The van der Waals surface area contributed by atoms with Crippen LogP contribution in [0.15, 0.2) is 0 Å². The number of likely N-dealkylation sites (tertiary alicyclic amines) is 1. The van der Waals surface area contributed by atoms with Crippen LogP contribution in [0.3, 0.4) is 0 Å². The number of nitrogens with zero attached hydrogens (tertiary/aromatic N) is 3. The third kappa shape index (κ3) is 4.18. The molecule has 2 aliphatic heterocycles. The van der Waals surface area contributed by atoms with Crippen LogP contribution in [-0.2, 0) is 4.74 Å². The number of piperazine rings is 1. The number of ether oxygens (including phenoxy) is 1. The first-order valence-corrected chi connectivity index (χ1v) is 9.16. The van der Waals surface area contributed by atoms with Gasteiger partial charge in [0.05, 0.1) is 0 Å². The lowest BCUT2D eigenvalue weighted by Crippen LogP contribution is -2.46. The molecule has 0 aromatic rings. The molecule has 0 N–H and O–H groups in total. The van der Waals surface area contributed by atoms with Gasteiger partial charge in [0.2, 0.25) is 0 Å². The van der Waals surface area contributed by atoms with Crippen molar-refractivity contribution in [1.29, 1.82) is 0 Å². The highest BCUT2D eigenvalue weighted by atomic mass is 16.6. The second-order valence-electron chi connectivity index (χ2n) is 8.83. The summed E-state index contributed by atoms with van der Waals surface area (Å²) in [6.45, 7) is 13.6. The number of piperidine rings is 1. The Hall–Kier alpha value is -0.810. The van der Waals surface area contributed by atoms with Crippen molar-refractivity contribution in [1.82, 2.24) is 14.7 Å². The third-order valence-electron chi connectivity index (χ3n) is 5.84. The quantitative estimate of drug-likeness (QED) is 0.781. The maximum atomic E-state index is 12.2. The highest BCUT2D eigenvalue weighted by Crippen LogP contribution is 2.59. The van der Waals surface area contributed by atoms with Crippen LogP contribution in [0, 0.1) is 11.3 Å². The fourth-order valence-corrected chi connectivity index (χ4v) is 4.11. The molecular weight excluding hydrogens is 290 g/mol. The molecule has 3 fully saturated rings. The molecule has 5 heteroatoms. The lowest BCUT2D eigenvalue weighted by atomic mass is 9.91. The molecule has 23 heavy (non-hydrogen) atoms. The van der Waals surface area contributed by atoms with Crippen LogP contribution < -0.4 is 0 Å². The van der Waals surface area contributed by atoms with Crippen molar-refractivity contribution in [2.24, 2.45) is 11.3 Å². The topological polar surface area (TPSA) is 36.0 Å². The predicted octanol–water partition coefficient (Wildman–Crippen LogP) is 2.27. The van der Waals surface area contributed by atoms with Gasteiger partial charge in [0.25, 0.3) is 0 Å². The van der Waals surface area contributed by atoms with E-state index in [0.717, 1.165) is 31.8 Å². The monoisotopic (exact) mass is 323 g/mol. The molecule has 0 radical (unpaired) electrons. The highest BCUT2D eigenvalue weighted by molar-refractivity contribution is 5.68. The molecule has 1 saturated carbocycles. The van der Waals surface area contributed by atoms with E-state index >= 15 is 0 Å². The van der Waals surface area contributed by atoms with Gasteiger partial charge in [-0.25, -0.2) is 4.79 Å². The zero-order valence-electron chi connectivity index (χ0n) is 15.3. The molecule has 0 bridgehead atoms. The molecule has 132 valence electrons. The zero-order valence-corrected chi connectivity index (χ0v) is 15.3. The summed E-state index contributed by atoms with van der Waals surface area (Å²) >= 11 is 0. The highest BCUT2D eigenvalue weighted by Gasteiger charge is 2.55. The van der Waals surface area contributed by atoms with Crippen LogP contribution in [-0.4, -0.2) is 79.3 Å². The van der Waals surface area contributed by atoms with Crippen molar-refractivity contribution in [3.05, 3.63) is 0 Å². The van der Waals surface area contributed by atoms with Gasteiger partial charge in [-0.1, -0.05) is 0 Å². The Morgan fingerprint density at radius 1 is 1.09 bits per heavy atom. The number of hydrogen-bond acceptors (Lipinski definition) is 4. The first-order chi connectivity index (χ1) is 10.8. The van der Waals surface area contributed by atoms with Crippen LogP contribution in [0.25, 0.3) is 0 Å². The molecule has 3 rings (SSSR count). The lowest BCUT2D eigenvalue weighted by Gasteiger charge is -2.36. The fraction of sp³-hybridized carbons (Fsp3) is 0.944. The number of amides is 1. The predicted molar refractivity (Wildman–Crippen MR) is 91.5 cm³/mol. The van der Waals surface area contributed by atoms with E-state index in [1.54, 1.807) is 0 Å². The smallest absolute Gasteiger partial charge is 0.410 e. The van der Waals surface area contributed by atoms with Gasteiger partial charge in [0.1, 0.15) is 5.60 Å². The summed E-state index contributed by atoms with van der Waals surface area (Å²) in [5.74, 6) is 0.853. The van der Waals surface area contributed by atoms with E-state index in [4.69, 9.17) is 4.74 Å². The Morgan fingerprint density at radius 3 is 2.26 bits per heavy atom. The van der Waals surface area contributed by atoms with Crippen molar-refractivity contribution < 1.29 is 9.53 Å². The first kappa shape index (κ1) is 17.0. The molecular formula is C18H33N3O2. The van der Waals surface area contributed by atoms with E-state index in [1.165, 1.54) is 39.1 Å². The number of likely N-dealkylation sites (N-methyl/N-ethyl adjacent to an activating group) is 1. The van der Waals surface area contributed by atoms with E-state index in [1.807, 2.05) is 25.7 Å². The standard InChI is InChI=1S/C18H33N3O2/c1-17(2,3)23-16(22)21-7-5-18(6-8-21)13-15(18)14-20-11-9-19(4)10-12-20/h15H,5-14H2,1-4H3. The van der Waals surface area contributed by atoms with Gasteiger partial charge >= 0.3 is 6.09 Å². The first-order valence-electron chi connectivity index (χ1n) is 9.16. The fourth-order valence-electron chi connectivity index (χ4n) is 4.11. The Morgan fingerprint density at radius 2 is 1.70 bits per heavy atom. The van der Waals surface area contributed by atoms with Crippen molar-refractivity contribution in [2.45, 2.75) is 45.6 Å². The Balaban J connectivity index is 1.42. The van der Waals surface area contributed by atoms with Gasteiger partial charge in [-0.15, -0.1) is 0 Å². The van der Waals surface area contributed by atoms with E-state index in [2.05, 4.69) is 16.8 Å². The zero-order chi connectivity index (χ0) is 16.7. The molecule has 1 atom stereocenters. The molecule has 0 aromatic carbocycles. The number of carbonyl (C=O) groups excluding carboxylic acids is 1. The second kappa shape index (κ2) is 6.25. The SMILES string of the molecule is CN1CCN(CC2CC23CCN(C(=O)OC(C)(C)C)CC3)CC1. The van der Waals surface area contributed by atoms with Gasteiger partial charge in [0, 0.05) is 45.8 Å².